The highest BCUT2D eigenvalue weighted by atomic mass is 32.1. The van der Waals surface area contributed by atoms with Gasteiger partial charge in [-0.25, -0.2) is 0 Å². The monoisotopic (exact) mass is 262 g/mol. The Morgan fingerprint density at radius 3 is 2.44 bits per heavy atom. The van der Waals surface area contributed by atoms with Crippen LogP contribution in [-0.4, -0.2) is 17.8 Å². The molecule has 3 nitrogen and oxygen atoms in total. The Hall–Kier alpha value is -1.68. The van der Waals surface area contributed by atoms with E-state index in [1.807, 2.05) is 38.1 Å². The Balaban J connectivity index is 2.97. The van der Waals surface area contributed by atoms with E-state index in [4.69, 9.17) is 12.2 Å². The number of carbonyl (C=O) groups excluding carboxylic acids is 1. The van der Waals surface area contributed by atoms with Crippen molar-refractivity contribution in [3.63, 3.8) is 0 Å². The van der Waals surface area contributed by atoms with Gasteiger partial charge >= 0.3 is 0 Å². The van der Waals surface area contributed by atoms with Crippen molar-refractivity contribution in [2.24, 2.45) is 0 Å². The highest BCUT2D eigenvalue weighted by Crippen LogP contribution is 2.13. The lowest BCUT2D eigenvalue weighted by Gasteiger charge is -2.13. The van der Waals surface area contributed by atoms with E-state index in [0.717, 1.165) is 16.9 Å². The number of hydrogen-bond acceptors (Lipinski definition) is 3. The average molecular weight is 262 g/mol. The van der Waals surface area contributed by atoms with Crippen LogP contribution in [0.5, 0.6) is 0 Å². The number of allylic oxidation sites excluding steroid dienone is 1. The summed E-state index contributed by atoms with van der Waals surface area (Å²) < 4.78 is 0. The smallest absolute Gasteiger partial charge is 0.164 e. The molecule has 0 aliphatic carbocycles. The number of thiocarbonyl (C=S) groups is 1. The van der Waals surface area contributed by atoms with E-state index in [9.17, 15) is 4.79 Å². The summed E-state index contributed by atoms with van der Waals surface area (Å²) in [5.74, 6) is -0.0491. The van der Waals surface area contributed by atoms with E-state index < -0.39 is 0 Å². The largest absolute Gasteiger partial charge is 0.391 e. The van der Waals surface area contributed by atoms with E-state index in [1.54, 1.807) is 7.05 Å². The first-order valence-electron chi connectivity index (χ1n) is 5.73. The molecule has 1 aromatic rings. The fraction of sp³-hybridized carbons (Fsp3) is 0.286. The molecule has 2 N–H and O–H groups in total. The van der Waals surface area contributed by atoms with Crippen LogP contribution in [0.1, 0.15) is 19.4 Å². The van der Waals surface area contributed by atoms with Crippen molar-refractivity contribution >= 4 is 28.7 Å². The van der Waals surface area contributed by atoms with Crippen molar-refractivity contribution < 1.29 is 4.79 Å². The average Bonchev–Trinajstić information content (AvgIpc) is 2.28. The van der Waals surface area contributed by atoms with Gasteiger partial charge in [0.05, 0.1) is 5.57 Å². The van der Waals surface area contributed by atoms with E-state index in [0.29, 0.717) is 10.6 Å². The third-order valence-corrected chi connectivity index (χ3v) is 2.91. The van der Waals surface area contributed by atoms with E-state index >= 15 is 0 Å². The molecular formula is C14H18N2OS. The topological polar surface area (TPSA) is 41.1 Å². The summed E-state index contributed by atoms with van der Waals surface area (Å²) >= 11 is 5.29. The van der Waals surface area contributed by atoms with Crippen LogP contribution in [0.25, 0.3) is 0 Å². The highest BCUT2D eigenvalue weighted by Gasteiger charge is 2.13. The van der Waals surface area contributed by atoms with Crippen LogP contribution in [0.3, 0.4) is 0 Å². The Labute approximate surface area is 113 Å². The molecule has 0 saturated carbocycles. The molecule has 4 heteroatoms. The maximum Gasteiger partial charge on any atom is 0.164 e. The van der Waals surface area contributed by atoms with Gasteiger partial charge in [0.25, 0.3) is 0 Å². The Morgan fingerprint density at radius 2 is 1.94 bits per heavy atom. The molecule has 0 heterocycles. The second-order valence-electron chi connectivity index (χ2n) is 4.13. The van der Waals surface area contributed by atoms with Crippen molar-refractivity contribution in [1.82, 2.24) is 5.32 Å². The fourth-order valence-electron chi connectivity index (χ4n) is 1.64. The molecule has 1 rings (SSSR count). The van der Waals surface area contributed by atoms with E-state index in [1.165, 1.54) is 6.92 Å². The SMILES string of the molecule is CNC(C)=C(C(C)=O)C(=S)Nc1cccc(C)c1. The van der Waals surface area contributed by atoms with Gasteiger partial charge in [0.2, 0.25) is 0 Å². The van der Waals surface area contributed by atoms with Crippen molar-refractivity contribution in [2.75, 3.05) is 12.4 Å². The number of hydrogen-bond donors (Lipinski definition) is 2. The maximum absolute atomic E-state index is 11.6. The molecule has 0 aliphatic rings. The summed E-state index contributed by atoms with van der Waals surface area (Å²) in [4.78, 5) is 12.1. The molecule has 0 saturated heterocycles. The number of ketones is 1. The molecule has 96 valence electrons. The molecular weight excluding hydrogens is 244 g/mol. The van der Waals surface area contributed by atoms with Gasteiger partial charge in [0.15, 0.2) is 5.78 Å². The normalized spacial score (nSPS) is 11.6. The van der Waals surface area contributed by atoms with Gasteiger partial charge in [-0.3, -0.25) is 4.79 Å². The predicted octanol–water partition coefficient (Wildman–Crippen LogP) is 2.82. The lowest BCUT2D eigenvalue weighted by molar-refractivity contribution is -0.113. The van der Waals surface area contributed by atoms with Crippen molar-refractivity contribution in [3.8, 4) is 0 Å². The van der Waals surface area contributed by atoms with Gasteiger partial charge in [0.1, 0.15) is 4.99 Å². The number of aryl methyl sites for hydroxylation is 1. The molecule has 0 aliphatic heterocycles. The zero-order chi connectivity index (χ0) is 13.7. The van der Waals surface area contributed by atoms with Crippen LogP contribution in [0, 0.1) is 6.92 Å². The second kappa shape index (κ2) is 6.31. The second-order valence-corrected chi connectivity index (χ2v) is 4.54. The molecule has 0 radical (unpaired) electrons. The standard InChI is InChI=1S/C14H18N2OS/c1-9-6-5-7-12(8-9)16-14(18)13(11(3)17)10(2)15-4/h5-8,15H,1-4H3,(H,16,18). The number of rotatable bonds is 4. The highest BCUT2D eigenvalue weighted by molar-refractivity contribution is 7.81. The summed E-state index contributed by atoms with van der Waals surface area (Å²) in [5, 5.41) is 6.05. The zero-order valence-corrected chi connectivity index (χ0v) is 11.9. The first-order chi connectivity index (χ1) is 8.45. The van der Waals surface area contributed by atoms with Gasteiger partial charge in [-0.05, 0) is 38.5 Å². The summed E-state index contributed by atoms with van der Waals surface area (Å²) in [5.41, 5.74) is 3.32. The van der Waals surface area contributed by atoms with Gasteiger partial charge < -0.3 is 10.6 Å². The van der Waals surface area contributed by atoms with Crippen LogP contribution < -0.4 is 10.6 Å². The fourth-order valence-corrected chi connectivity index (χ4v) is 2.05. The van der Waals surface area contributed by atoms with E-state index in [-0.39, 0.29) is 5.78 Å². The molecule has 0 aromatic heterocycles. The van der Waals surface area contributed by atoms with Crippen molar-refractivity contribution in [3.05, 3.63) is 41.1 Å². The van der Waals surface area contributed by atoms with Crippen molar-refractivity contribution in [1.29, 1.82) is 0 Å². The lowest BCUT2D eigenvalue weighted by atomic mass is 10.1. The molecule has 18 heavy (non-hydrogen) atoms. The van der Waals surface area contributed by atoms with Crippen LogP contribution in [0.2, 0.25) is 0 Å². The Morgan fingerprint density at radius 1 is 1.28 bits per heavy atom. The van der Waals surface area contributed by atoms with Gasteiger partial charge in [0, 0.05) is 18.4 Å². The summed E-state index contributed by atoms with van der Waals surface area (Å²) in [6.07, 6.45) is 0. The minimum Gasteiger partial charge on any atom is -0.391 e. The number of anilines is 1. The van der Waals surface area contributed by atoms with Gasteiger partial charge in [-0.15, -0.1) is 0 Å². The first kappa shape index (κ1) is 14.4. The molecule has 0 unspecified atom stereocenters. The van der Waals surface area contributed by atoms with Crippen LogP contribution in [-0.2, 0) is 4.79 Å². The summed E-state index contributed by atoms with van der Waals surface area (Å²) in [7, 11) is 1.77. The third kappa shape index (κ3) is 3.67. The number of Topliss-reactive ketones (excluding diaryl/α,β-unsaturated/α-hetero) is 1. The number of benzene rings is 1. The maximum atomic E-state index is 11.6. The molecule has 0 fully saturated rings. The zero-order valence-electron chi connectivity index (χ0n) is 11.1. The molecule has 1 aromatic carbocycles. The van der Waals surface area contributed by atoms with Crippen molar-refractivity contribution in [2.45, 2.75) is 20.8 Å². The minimum atomic E-state index is -0.0491. The quantitative estimate of drug-likeness (QED) is 0.647. The third-order valence-electron chi connectivity index (χ3n) is 2.61. The van der Waals surface area contributed by atoms with Gasteiger partial charge in [-0.2, -0.15) is 0 Å². The predicted molar refractivity (Wildman–Crippen MR) is 79.8 cm³/mol. The summed E-state index contributed by atoms with van der Waals surface area (Å²) in [6, 6.07) is 7.86. The molecule has 0 amide bonds. The van der Waals surface area contributed by atoms with Crippen LogP contribution in [0.15, 0.2) is 35.5 Å². The first-order valence-corrected chi connectivity index (χ1v) is 6.14. The number of carbonyl (C=O) groups is 1. The molecule has 0 atom stereocenters. The van der Waals surface area contributed by atoms with Gasteiger partial charge in [-0.1, -0.05) is 24.4 Å². The minimum absolute atomic E-state index is 0.0491. The molecule has 0 spiro atoms. The van der Waals surface area contributed by atoms with E-state index in [2.05, 4.69) is 10.6 Å². The van der Waals surface area contributed by atoms with Crippen LogP contribution in [0.4, 0.5) is 5.69 Å². The van der Waals surface area contributed by atoms with Crippen LogP contribution >= 0.6 is 12.2 Å². The Kier molecular flexibility index (Phi) is 5.04. The Bertz CT molecular complexity index is 506. The number of nitrogens with one attached hydrogen (secondary N) is 2. The lowest BCUT2D eigenvalue weighted by Crippen LogP contribution is -2.22. The summed E-state index contributed by atoms with van der Waals surface area (Å²) in [6.45, 7) is 5.36. The molecule has 0 bridgehead atoms.